The summed E-state index contributed by atoms with van der Waals surface area (Å²) in [6.07, 6.45) is 8.26. The maximum atomic E-state index is 12.4. The quantitative estimate of drug-likeness (QED) is 0.733. The molecule has 0 bridgehead atoms. The number of carbonyl (C=O) groups is 2. The van der Waals surface area contributed by atoms with Crippen molar-refractivity contribution in [2.45, 2.75) is 71.3 Å². The number of Topliss-reactive ketones (excluding diaryl/α,β-unsaturated/α-hetero) is 1. The predicted octanol–water partition coefficient (Wildman–Crippen LogP) is 4.00. The van der Waals surface area contributed by atoms with E-state index in [1.807, 2.05) is 6.08 Å². The summed E-state index contributed by atoms with van der Waals surface area (Å²) >= 11 is 0. The highest BCUT2D eigenvalue weighted by molar-refractivity contribution is 5.92. The van der Waals surface area contributed by atoms with Crippen molar-refractivity contribution < 1.29 is 14.7 Å². The number of carbonyl (C=O) groups excluding carboxylic acids is 2. The van der Waals surface area contributed by atoms with Crippen LogP contribution in [0.2, 0.25) is 0 Å². The Morgan fingerprint density at radius 2 is 1.92 bits per heavy atom. The van der Waals surface area contributed by atoms with Gasteiger partial charge in [0, 0.05) is 11.8 Å². The van der Waals surface area contributed by atoms with Crippen molar-refractivity contribution >= 4 is 11.6 Å². The fourth-order valence-electron chi connectivity index (χ4n) is 7.17. The first kappa shape index (κ1) is 17.2. The molecule has 0 heterocycles. The van der Waals surface area contributed by atoms with Crippen molar-refractivity contribution in [2.75, 3.05) is 0 Å². The van der Waals surface area contributed by atoms with E-state index in [1.54, 1.807) is 0 Å². The summed E-state index contributed by atoms with van der Waals surface area (Å²) in [6, 6.07) is 0. The highest BCUT2D eigenvalue weighted by Crippen LogP contribution is 2.68. The Morgan fingerprint density at radius 1 is 1.20 bits per heavy atom. The zero-order valence-electron chi connectivity index (χ0n) is 15.7. The fourth-order valence-corrected chi connectivity index (χ4v) is 7.17. The second kappa shape index (κ2) is 5.16. The maximum Gasteiger partial charge on any atom is 0.166 e. The van der Waals surface area contributed by atoms with Crippen molar-refractivity contribution in [2.24, 2.45) is 28.6 Å². The van der Waals surface area contributed by atoms with Gasteiger partial charge < -0.3 is 5.11 Å². The van der Waals surface area contributed by atoms with Crippen molar-refractivity contribution in [3.05, 3.63) is 23.8 Å². The van der Waals surface area contributed by atoms with Gasteiger partial charge >= 0.3 is 0 Å². The van der Waals surface area contributed by atoms with E-state index in [0.717, 1.165) is 44.1 Å². The van der Waals surface area contributed by atoms with Gasteiger partial charge in [-0.05, 0) is 80.3 Å². The van der Waals surface area contributed by atoms with Crippen LogP contribution >= 0.6 is 0 Å². The fraction of sp³-hybridized carbons (Fsp3) is 0.727. The molecular formula is C22H30O3. The summed E-state index contributed by atoms with van der Waals surface area (Å²) in [5.41, 5.74) is 0.448. The number of hydrogen-bond acceptors (Lipinski definition) is 3. The Balaban J connectivity index is 1.74. The Morgan fingerprint density at radius 3 is 2.60 bits per heavy atom. The average molecular weight is 342 g/mol. The molecule has 0 saturated heterocycles. The third-order valence-electron chi connectivity index (χ3n) is 8.67. The SMILES string of the molecule is C=C1C[C@H]2[C@@H]3CCC4=CC(=O)CC[C@]4(C)[C@@H]3CC[C@]2(C)C1(O)C(C)=O. The number of rotatable bonds is 1. The van der Waals surface area contributed by atoms with Gasteiger partial charge in [0.15, 0.2) is 11.6 Å². The lowest BCUT2D eigenvalue weighted by Crippen LogP contribution is -2.57. The zero-order chi connectivity index (χ0) is 18.2. The first-order chi connectivity index (χ1) is 11.6. The summed E-state index contributed by atoms with van der Waals surface area (Å²) in [5.74, 6) is 1.53. The molecule has 1 unspecified atom stereocenters. The number of fused-ring (bicyclic) bond motifs is 5. The van der Waals surface area contributed by atoms with E-state index in [1.165, 1.54) is 12.5 Å². The van der Waals surface area contributed by atoms with Crippen LogP contribution < -0.4 is 0 Å². The highest BCUT2D eigenvalue weighted by atomic mass is 16.3. The minimum absolute atomic E-state index is 0.121. The van der Waals surface area contributed by atoms with Gasteiger partial charge in [0.05, 0.1) is 0 Å². The predicted molar refractivity (Wildman–Crippen MR) is 96.9 cm³/mol. The molecule has 4 aliphatic rings. The largest absolute Gasteiger partial charge is 0.377 e. The molecule has 3 saturated carbocycles. The topological polar surface area (TPSA) is 54.4 Å². The minimum Gasteiger partial charge on any atom is -0.377 e. The van der Waals surface area contributed by atoms with Crippen LogP contribution in [0.4, 0.5) is 0 Å². The van der Waals surface area contributed by atoms with Crippen LogP contribution in [0.5, 0.6) is 0 Å². The lowest BCUT2D eigenvalue weighted by molar-refractivity contribution is -0.154. The smallest absolute Gasteiger partial charge is 0.166 e. The third-order valence-corrected chi connectivity index (χ3v) is 8.67. The van der Waals surface area contributed by atoms with E-state index in [-0.39, 0.29) is 22.4 Å². The van der Waals surface area contributed by atoms with Gasteiger partial charge in [0.25, 0.3) is 0 Å². The Bertz CT molecular complexity index is 704. The summed E-state index contributed by atoms with van der Waals surface area (Å²) in [5, 5.41) is 11.3. The van der Waals surface area contributed by atoms with E-state index >= 15 is 0 Å². The second-order valence-corrected chi connectivity index (χ2v) is 9.50. The van der Waals surface area contributed by atoms with Crippen LogP contribution in [0.15, 0.2) is 23.8 Å². The first-order valence-corrected chi connectivity index (χ1v) is 9.80. The number of aliphatic hydroxyl groups is 1. The molecule has 0 radical (unpaired) electrons. The van der Waals surface area contributed by atoms with Crippen LogP contribution in [-0.2, 0) is 9.59 Å². The Hall–Kier alpha value is -1.22. The van der Waals surface area contributed by atoms with Gasteiger partial charge in [-0.1, -0.05) is 26.0 Å². The van der Waals surface area contributed by atoms with Crippen LogP contribution in [0.1, 0.15) is 65.7 Å². The molecule has 0 aromatic heterocycles. The molecule has 3 nitrogen and oxygen atoms in total. The molecule has 0 aromatic carbocycles. The standard InChI is InChI=1S/C22H30O3/c1-13-11-19-17-6-5-15-12-16(24)7-9-20(15,3)18(17)8-10-21(19,4)22(13,25)14(2)23/h12,17-19,25H,1,5-11H2,2-4H3/t17-,18-,19+,20+,21+,22?/m1/s1. The number of ketones is 2. The van der Waals surface area contributed by atoms with Crippen molar-refractivity contribution in [1.82, 2.24) is 0 Å². The van der Waals surface area contributed by atoms with Crippen molar-refractivity contribution in [3.8, 4) is 0 Å². The summed E-state index contributed by atoms with van der Waals surface area (Å²) < 4.78 is 0. The monoisotopic (exact) mass is 342 g/mol. The minimum atomic E-state index is -1.36. The molecule has 6 atom stereocenters. The third kappa shape index (κ3) is 1.96. The first-order valence-electron chi connectivity index (χ1n) is 9.80. The molecule has 0 aromatic rings. The van der Waals surface area contributed by atoms with E-state index in [9.17, 15) is 14.7 Å². The van der Waals surface area contributed by atoms with Gasteiger partial charge in [-0.3, -0.25) is 9.59 Å². The molecular weight excluding hydrogens is 312 g/mol. The Labute approximate surface area is 150 Å². The molecule has 136 valence electrons. The molecule has 0 amide bonds. The Kier molecular flexibility index (Phi) is 3.55. The van der Waals surface area contributed by atoms with Gasteiger partial charge in [-0.25, -0.2) is 0 Å². The molecule has 4 rings (SSSR count). The van der Waals surface area contributed by atoms with Crippen LogP contribution in [0.25, 0.3) is 0 Å². The summed E-state index contributed by atoms with van der Waals surface area (Å²) in [6.45, 7) is 10.1. The molecule has 3 heteroatoms. The van der Waals surface area contributed by atoms with Gasteiger partial charge in [-0.15, -0.1) is 0 Å². The average Bonchev–Trinajstić information content (AvgIpc) is 2.77. The van der Waals surface area contributed by atoms with Crippen LogP contribution in [-0.4, -0.2) is 22.3 Å². The van der Waals surface area contributed by atoms with Gasteiger partial charge in [0.1, 0.15) is 5.60 Å². The van der Waals surface area contributed by atoms with E-state index in [2.05, 4.69) is 20.4 Å². The normalized spacial score (nSPS) is 49.1. The summed E-state index contributed by atoms with van der Waals surface area (Å²) in [7, 11) is 0. The molecule has 4 aliphatic carbocycles. The molecule has 1 N–H and O–H groups in total. The van der Waals surface area contributed by atoms with Crippen molar-refractivity contribution in [1.29, 1.82) is 0 Å². The van der Waals surface area contributed by atoms with Crippen molar-refractivity contribution in [3.63, 3.8) is 0 Å². The number of allylic oxidation sites excluding steroid dienone is 1. The van der Waals surface area contributed by atoms with E-state index < -0.39 is 5.60 Å². The highest BCUT2D eigenvalue weighted by Gasteiger charge is 2.66. The zero-order valence-corrected chi connectivity index (χ0v) is 15.7. The lowest BCUT2D eigenvalue weighted by Gasteiger charge is -2.58. The van der Waals surface area contributed by atoms with E-state index in [0.29, 0.717) is 24.2 Å². The van der Waals surface area contributed by atoms with E-state index in [4.69, 9.17) is 0 Å². The molecule has 3 fully saturated rings. The van der Waals surface area contributed by atoms with Gasteiger partial charge in [0.2, 0.25) is 0 Å². The van der Waals surface area contributed by atoms with Crippen LogP contribution in [0.3, 0.4) is 0 Å². The molecule has 0 aliphatic heterocycles. The molecule has 25 heavy (non-hydrogen) atoms. The summed E-state index contributed by atoms with van der Waals surface area (Å²) in [4.78, 5) is 24.3. The van der Waals surface area contributed by atoms with Crippen LogP contribution in [0, 0.1) is 28.6 Å². The van der Waals surface area contributed by atoms with Gasteiger partial charge in [-0.2, -0.15) is 0 Å². The maximum absolute atomic E-state index is 12.4. The lowest BCUT2D eigenvalue weighted by atomic mass is 9.46. The molecule has 0 spiro atoms. The number of hydrogen-bond donors (Lipinski definition) is 1. The second-order valence-electron chi connectivity index (χ2n) is 9.50.